The predicted molar refractivity (Wildman–Crippen MR) is 54.1 cm³/mol. The van der Waals surface area contributed by atoms with Crippen LogP contribution in [0.4, 0.5) is 0 Å². The first kappa shape index (κ1) is 11.2. The van der Waals surface area contributed by atoms with Crippen LogP contribution in [0.2, 0.25) is 0 Å². The summed E-state index contributed by atoms with van der Waals surface area (Å²) in [6.07, 6.45) is 4.22. The normalized spacial score (nSPS) is 23.2. The molecule has 1 atom stereocenters. The molecule has 0 aliphatic heterocycles. The van der Waals surface area contributed by atoms with Gasteiger partial charge in [-0.1, -0.05) is 12.2 Å². The summed E-state index contributed by atoms with van der Waals surface area (Å²) in [6, 6.07) is 0. The van der Waals surface area contributed by atoms with Crippen LogP contribution in [-0.4, -0.2) is 20.6 Å². The molecule has 0 saturated heterocycles. The smallest absolute Gasteiger partial charge is 0.236 e. The van der Waals surface area contributed by atoms with Crippen LogP contribution in [0.5, 0.6) is 0 Å². The minimum Gasteiger partial charge on any atom is -0.274 e. The average molecular weight is 217 g/mol. The molecule has 5 heteroatoms. The summed E-state index contributed by atoms with van der Waals surface area (Å²) in [7, 11) is -3.42. The van der Waals surface area contributed by atoms with Crippen molar-refractivity contribution in [3.05, 3.63) is 12.2 Å². The predicted octanol–water partition coefficient (Wildman–Crippen LogP) is 0.809. The van der Waals surface area contributed by atoms with Crippen molar-refractivity contribution in [2.75, 3.05) is 6.26 Å². The summed E-state index contributed by atoms with van der Waals surface area (Å²) >= 11 is 0. The van der Waals surface area contributed by atoms with Crippen LogP contribution >= 0.6 is 0 Å². The lowest BCUT2D eigenvalue weighted by Crippen LogP contribution is -2.35. The average Bonchev–Trinajstić information content (AvgIpc) is 2.01. The molecule has 0 radical (unpaired) electrons. The highest BCUT2D eigenvalue weighted by molar-refractivity contribution is 7.89. The SMILES string of the molecule is C=C1CCCC(C(=O)NS(C)(=O)=O)C1. The van der Waals surface area contributed by atoms with Crippen molar-refractivity contribution in [2.24, 2.45) is 5.92 Å². The third kappa shape index (κ3) is 3.49. The molecule has 1 unspecified atom stereocenters. The van der Waals surface area contributed by atoms with E-state index < -0.39 is 15.9 Å². The Morgan fingerprint density at radius 1 is 1.57 bits per heavy atom. The molecule has 1 amide bonds. The van der Waals surface area contributed by atoms with Crippen molar-refractivity contribution in [1.82, 2.24) is 4.72 Å². The Balaban J connectivity index is 2.56. The van der Waals surface area contributed by atoms with E-state index in [1.807, 2.05) is 4.72 Å². The number of hydrogen-bond donors (Lipinski definition) is 1. The van der Waals surface area contributed by atoms with Crippen LogP contribution in [0.15, 0.2) is 12.2 Å². The van der Waals surface area contributed by atoms with Gasteiger partial charge in [0.2, 0.25) is 15.9 Å². The largest absolute Gasteiger partial charge is 0.274 e. The van der Waals surface area contributed by atoms with Gasteiger partial charge in [0, 0.05) is 5.92 Å². The Morgan fingerprint density at radius 3 is 2.71 bits per heavy atom. The molecule has 1 N–H and O–H groups in total. The van der Waals surface area contributed by atoms with Crippen LogP contribution in [-0.2, 0) is 14.8 Å². The summed E-state index contributed by atoms with van der Waals surface area (Å²) in [5, 5.41) is 0. The minimum absolute atomic E-state index is 0.217. The van der Waals surface area contributed by atoms with Crippen LogP contribution in [0.3, 0.4) is 0 Å². The molecule has 0 spiro atoms. The van der Waals surface area contributed by atoms with Gasteiger partial charge in [-0.3, -0.25) is 9.52 Å². The maximum atomic E-state index is 11.4. The van der Waals surface area contributed by atoms with Crippen molar-refractivity contribution in [2.45, 2.75) is 25.7 Å². The first-order valence-electron chi connectivity index (χ1n) is 4.57. The maximum absolute atomic E-state index is 11.4. The van der Waals surface area contributed by atoms with E-state index in [2.05, 4.69) is 6.58 Å². The van der Waals surface area contributed by atoms with Gasteiger partial charge in [0.1, 0.15) is 0 Å². The van der Waals surface area contributed by atoms with Crippen molar-refractivity contribution < 1.29 is 13.2 Å². The lowest BCUT2D eigenvalue weighted by Gasteiger charge is -2.21. The molecular weight excluding hydrogens is 202 g/mol. The fourth-order valence-corrected chi connectivity index (χ4v) is 2.17. The maximum Gasteiger partial charge on any atom is 0.236 e. The van der Waals surface area contributed by atoms with Gasteiger partial charge in [0.05, 0.1) is 6.26 Å². The van der Waals surface area contributed by atoms with Gasteiger partial charge < -0.3 is 0 Å². The molecule has 80 valence electrons. The lowest BCUT2D eigenvalue weighted by atomic mass is 9.86. The topological polar surface area (TPSA) is 63.2 Å². The zero-order chi connectivity index (χ0) is 10.8. The van der Waals surface area contributed by atoms with Gasteiger partial charge in [-0.25, -0.2) is 8.42 Å². The summed E-state index contributed by atoms with van der Waals surface area (Å²) in [4.78, 5) is 11.4. The van der Waals surface area contributed by atoms with Gasteiger partial charge in [-0.15, -0.1) is 0 Å². The molecular formula is C9H15NO3S. The summed E-state index contributed by atoms with van der Waals surface area (Å²) in [5.74, 6) is -0.612. The van der Waals surface area contributed by atoms with Gasteiger partial charge in [-0.2, -0.15) is 0 Å². The quantitative estimate of drug-likeness (QED) is 0.696. The van der Waals surface area contributed by atoms with Crippen LogP contribution in [0.25, 0.3) is 0 Å². The van der Waals surface area contributed by atoms with Gasteiger partial charge >= 0.3 is 0 Å². The van der Waals surface area contributed by atoms with E-state index in [0.717, 1.165) is 31.1 Å². The highest BCUT2D eigenvalue weighted by Gasteiger charge is 2.24. The van der Waals surface area contributed by atoms with Crippen molar-refractivity contribution in [1.29, 1.82) is 0 Å². The first-order valence-corrected chi connectivity index (χ1v) is 6.46. The fraction of sp³-hybridized carbons (Fsp3) is 0.667. The summed E-state index contributed by atoms with van der Waals surface area (Å²) < 4.78 is 23.6. The highest BCUT2D eigenvalue weighted by Crippen LogP contribution is 2.27. The molecule has 1 saturated carbocycles. The number of sulfonamides is 1. The van der Waals surface area contributed by atoms with Crippen LogP contribution in [0.1, 0.15) is 25.7 Å². The van der Waals surface area contributed by atoms with Gasteiger partial charge in [-0.05, 0) is 25.7 Å². The molecule has 0 bridgehead atoms. The monoisotopic (exact) mass is 217 g/mol. The Labute approximate surface area is 84.4 Å². The zero-order valence-electron chi connectivity index (χ0n) is 8.25. The zero-order valence-corrected chi connectivity index (χ0v) is 9.06. The minimum atomic E-state index is -3.42. The van der Waals surface area contributed by atoms with Crippen molar-refractivity contribution in [3.63, 3.8) is 0 Å². The number of nitrogens with one attached hydrogen (secondary N) is 1. The highest BCUT2D eigenvalue weighted by atomic mass is 32.2. The van der Waals surface area contributed by atoms with Gasteiger partial charge in [0.25, 0.3) is 0 Å². The summed E-state index contributed by atoms with van der Waals surface area (Å²) in [6.45, 7) is 3.81. The van der Waals surface area contributed by atoms with Crippen LogP contribution < -0.4 is 4.72 Å². The Morgan fingerprint density at radius 2 is 2.21 bits per heavy atom. The number of carbonyl (C=O) groups excluding carboxylic acids is 1. The molecule has 14 heavy (non-hydrogen) atoms. The van der Waals surface area contributed by atoms with Crippen molar-refractivity contribution >= 4 is 15.9 Å². The number of rotatable bonds is 2. The second-order valence-corrected chi connectivity index (χ2v) is 5.53. The van der Waals surface area contributed by atoms with E-state index in [1.54, 1.807) is 0 Å². The molecule has 1 aliphatic rings. The molecule has 0 aromatic rings. The molecule has 4 nitrogen and oxygen atoms in total. The van der Waals surface area contributed by atoms with Crippen molar-refractivity contribution in [3.8, 4) is 0 Å². The Kier molecular flexibility index (Phi) is 3.31. The molecule has 0 heterocycles. The van der Waals surface area contributed by atoms with E-state index in [4.69, 9.17) is 0 Å². The standard InChI is InChI=1S/C9H15NO3S/c1-7-4-3-5-8(6-7)9(11)10-14(2,12)13/h8H,1,3-6H2,2H3,(H,10,11). The van der Waals surface area contributed by atoms with E-state index in [1.165, 1.54) is 0 Å². The second-order valence-electron chi connectivity index (χ2n) is 3.78. The lowest BCUT2D eigenvalue weighted by molar-refractivity contribution is -0.123. The van der Waals surface area contributed by atoms with E-state index in [9.17, 15) is 13.2 Å². The molecule has 1 aliphatic carbocycles. The summed E-state index contributed by atoms with van der Waals surface area (Å²) in [5.41, 5.74) is 1.03. The van der Waals surface area contributed by atoms with Gasteiger partial charge in [0.15, 0.2) is 0 Å². The third-order valence-electron chi connectivity index (χ3n) is 2.27. The third-order valence-corrected chi connectivity index (χ3v) is 2.85. The van der Waals surface area contributed by atoms with E-state index in [0.29, 0.717) is 6.42 Å². The molecule has 0 aromatic heterocycles. The molecule has 0 aromatic carbocycles. The number of hydrogen-bond acceptors (Lipinski definition) is 3. The number of amides is 1. The number of carbonyl (C=O) groups is 1. The Hall–Kier alpha value is -0.840. The number of allylic oxidation sites excluding steroid dienone is 1. The van der Waals surface area contributed by atoms with E-state index in [-0.39, 0.29) is 5.92 Å². The first-order chi connectivity index (χ1) is 6.38. The molecule has 1 fully saturated rings. The second kappa shape index (κ2) is 4.13. The Bertz CT molecular complexity index is 345. The van der Waals surface area contributed by atoms with E-state index >= 15 is 0 Å². The molecule has 1 rings (SSSR count). The fourth-order valence-electron chi connectivity index (χ4n) is 1.64. The van der Waals surface area contributed by atoms with Crippen LogP contribution in [0, 0.1) is 5.92 Å².